The Balaban J connectivity index is 2.74. The van der Waals surface area contributed by atoms with E-state index < -0.39 is 5.97 Å². The summed E-state index contributed by atoms with van der Waals surface area (Å²) >= 11 is 0. The molecule has 4 heteroatoms. The number of nitrogens with zero attached hydrogens (tertiary/aromatic N) is 1. The van der Waals surface area contributed by atoms with Gasteiger partial charge < -0.3 is 5.11 Å². The van der Waals surface area contributed by atoms with Gasteiger partial charge in [-0.25, -0.2) is 14.3 Å². The summed E-state index contributed by atoms with van der Waals surface area (Å²) in [5.74, 6) is 0.0232. The number of rotatable bonds is 2. The molecule has 1 heterocycles. The van der Waals surface area contributed by atoms with Gasteiger partial charge in [0.25, 0.3) is 5.82 Å². The maximum Gasteiger partial charge on any atom is 0.346 e. The zero-order valence-corrected chi connectivity index (χ0v) is 5.66. The number of H-pyrrole nitrogens is 1. The summed E-state index contributed by atoms with van der Waals surface area (Å²) in [7, 11) is 0. The lowest BCUT2D eigenvalue weighted by molar-refractivity contribution is -0.690. The normalized spacial score (nSPS) is 9.70. The van der Waals surface area contributed by atoms with E-state index in [1.54, 1.807) is 17.0 Å². The Morgan fingerprint density at radius 1 is 1.90 bits per heavy atom. The Morgan fingerprint density at radius 2 is 2.60 bits per heavy atom. The summed E-state index contributed by atoms with van der Waals surface area (Å²) in [6.07, 6.45) is 3.40. The van der Waals surface area contributed by atoms with Gasteiger partial charge in [-0.2, -0.15) is 0 Å². The zero-order valence-electron chi connectivity index (χ0n) is 5.66. The predicted octanol–water partition coefficient (Wildman–Crippen LogP) is -0.305. The Labute approximate surface area is 58.1 Å². The van der Waals surface area contributed by atoms with Crippen LogP contribution in [-0.2, 0) is 11.3 Å². The summed E-state index contributed by atoms with van der Waals surface area (Å²) in [5, 5.41) is 8.38. The van der Waals surface area contributed by atoms with Crippen molar-refractivity contribution in [2.75, 3.05) is 0 Å². The first-order valence-electron chi connectivity index (χ1n) is 2.95. The van der Waals surface area contributed by atoms with Gasteiger partial charge in [-0.1, -0.05) is 0 Å². The Kier molecular flexibility index (Phi) is 1.71. The lowest BCUT2D eigenvalue weighted by Gasteiger charge is -1.89. The first-order chi connectivity index (χ1) is 4.70. The van der Waals surface area contributed by atoms with Crippen molar-refractivity contribution in [1.82, 2.24) is 4.98 Å². The number of nitrogens with one attached hydrogen (secondary N) is 1. The van der Waals surface area contributed by atoms with Crippen LogP contribution in [0.2, 0.25) is 0 Å². The van der Waals surface area contributed by atoms with E-state index in [4.69, 9.17) is 5.11 Å². The standard InChI is InChI=1S/C6H8N2O2/c1-5-7-2-3-8(5)4-6(9)10/h2-3H,4H2,1H3,(H,9,10)/p+1. The number of aliphatic carboxylic acids is 1. The molecular formula is C6H9N2O2+. The highest BCUT2D eigenvalue weighted by molar-refractivity contribution is 5.64. The molecule has 0 unspecified atom stereocenters. The van der Waals surface area contributed by atoms with Crippen LogP contribution in [0.1, 0.15) is 5.82 Å². The summed E-state index contributed by atoms with van der Waals surface area (Å²) in [4.78, 5) is 13.1. The largest absolute Gasteiger partial charge is 0.478 e. The number of aryl methyl sites for hydroxylation is 1. The number of carboxylic acids is 1. The summed E-state index contributed by atoms with van der Waals surface area (Å²) < 4.78 is 1.63. The van der Waals surface area contributed by atoms with Crippen LogP contribution in [-0.4, -0.2) is 16.1 Å². The van der Waals surface area contributed by atoms with Gasteiger partial charge in [-0.05, 0) is 0 Å². The maximum atomic E-state index is 10.2. The van der Waals surface area contributed by atoms with Crippen molar-refractivity contribution in [2.24, 2.45) is 0 Å². The third-order valence-corrected chi connectivity index (χ3v) is 1.28. The predicted molar refractivity (Wildman–Crippen MR) is 33.4 cm³/mol. The van der Waals surface area contributed by atoms with E-state index in [9.17, 15) is 4.79 Å². The second-order valence-corrected chi connectivity index (χ2v) is 2.07. The number of carboxylic acid groups (broad SMARTS) is 1. The van der Waals surface area contributed by atoms with Gasteiger partial charge in [0.2, 0.25) is 0 Å². The highest BCUT2D eigenvalue weighted by atomic mass is 16.4. The van der Waals surface area contributed by atoms with Crippen LogP contribution < -0.4 is 4.57 Å². The van der Waals surface area contributed by atoms with Crippen molar-refractivity contribution in [3.63, 3.8) is 0 Å². The molecule has 0 aliphatic carbocycles. The van der Waals surface area contributed by atoms with Gasteiger partial charge >= 0.3 is 5.97 Å². The minimum absolute atomic E-state index is 0.0231. The molecule has 0 saturated heterocycles. The van der Waals surface area contributed by atoms with E-state index in [-0.39, 0.29) is 6.54 Å². The average molecular weight is 141 g/mol. The monoisotopic (exact) mass is 141 g/mol. The minimum atomic E-state index is -0.826. The molecule has 0 aromatic carbocycles. The molecule has 1 aromatic heterocycles. The zero-order chi connectivity index (χ0) is 7.56. The number of hydrogen-bond donors (Lipinski definition) is 2. The lowest BCUT2D eigenvalue weighted by Crippen LogP contribution is -2.38. The average Bonchev–Trinajstić information content (AvgIpc) is 2.15. The molecule has 4 nitrogen and oxygen atoms in total. The van der Waals surface area contributed by atoms with E-state index >= 15 is 0 Å². The molecule has 0 atom stereocenters. The molecule has 1 aromatic rings. The molecule has 0 amide bonds. The number of carbonyl (C=O) groups is 1. The van der Waals surface area contributed by atoms with Gasteiger partial charge in [0.1, 0.15) is 12.4 Å². The molecule has 0 aliphatic rings. The molecule has 0 saturated carbocycles. The fraction of sp³-hybridized carbons (Fsp3) is 0.333. The van der Waals surface area contributed by atoms with Crippen molar-refractivity contribution in [3.8, 4) is 0 Å². The molecule has 0 spiro atoms. The second-order valence-electron chi connectivity index (χ2n) is 2.07. The fourth-order valence-corrected chi connectivity index (χ4v) is 0.760. The van der Waals surface area contributed by atoms with Gasteiger partial charge in [0.15, 0.2) is 6.54 Å². The van der Waals surface area contributed by atoms with Gasteiger partial charge in [-0.15, -0.1) is 0 Å². The van der Waals surface area contributed by atoms with Crippen LogP contribution >= 0.6 is 0 Å². The van der Waals surface area contributed by atoms with Crippen molar-refractivity contribution >= 4 is 5.97 Å². The van der Waals surface area contributed by atoms with Crippen molar-refractivity contribution in [3.05, 3.63) is 18.2 Å². The van der Waals surface area contributed by atoms with Crippen LogP contribution in [0.3, 0.4) is 0 Å². The quantitative estimate of drug-likeness (QED) is 0.555. The second kappa shape index (κ2) is 2.51. The minimum Gasteiger partial charge on any atom is -0.478 e. The van der Waals surface area contributed by atoms with E-state index in [1.807, 2.05) is 6.92 Å². The van der Waals surface area contributed by atoms with Crippen LogP contribution in [0.15, 0.2) is 12.4 Å². The SMILES string of the molecule is Cc1[nH]cc[n+]1CC(=O)O. The molecule has 0 aliphatic heterocycles. The Bertz CT molecular complexity index is 242. The number of aromatic nitrogens is 2. The molecular weight excluding hydrogens is 132 g/mol. The van der Waals surface area contributed by atoms with E-state index in [1.165, 1.54) is 0 Å². The lowest BCUT2D eigenvalue weighted by atomic mass is 10.6. The van der Waals surface area contributed by atoms with E-state index in [0.717, 1.165) is 5.82 Å². The molecule has 2 N–H and O–H groups in total. The summed E-state index contributed by atoms with van der Waals surface area (Å²) in [6.45, 7) is 1.85. The third kappa shape index (κ3) is 1.34. The third-order valence-electron chi connectivity index (χ3n) is 1.28. The Hall–Kier alpha value is -1.32. The topological polar surface area (TPSA) is 57.0 Å². The molecule has 10 heavy (non-hydrogen) atoms. The van der Waals surface area contributed by atoms with Crippen LogP contribution in [0.25, 0.3) is 0 Å². The molecule has 0 radical (unpaired) electrons. The molecule has 54 valence electrons. The van der Waals surface area contributed by atoms with Gasteiger partial charge in [-0.3, -0.25) is 0 Å². The Morgan fingerprint density at radius 3 is 3.00 bits per heavy atom. The smallest absolute Gasteiger partial charge is 0.346 e. The van der Waals surface area contributed by atoms with Crippen molar-refractivity contribution in [2.45, 2.75) is 13.5 Å². The van der Waals surface area contributed by atoms with Crippen LogP contribution in [0.5, 0.6) is 0 Å². The first kappa shape index (κ1) is 6.80. The summed E-state index contributed by atoms with van der Waals surface area (Å²) in [6, 6.07) is 0. The van der Waals surface area contributed by atoms with Crippen molar-refractivity contribution in [1.29, 1.82) is 0 Å². The number of aromatic amines is 1. The fourth-order valence-electron chi connectivity index (χ4n) is 0.760. The van der Waals surface area contributed by atoms with Crippen molar-refractivity contribution < 1.29 is 14.5 Å². The molecule has 0 fully saturated rings. The maximum absolute atomic E-state index is 10.2. The van der Waals surface area contributed by atoms with Gasteiger partial charge in [0, 0.05) is 6.92 Å². The highest BCUT2D eigenvalue weighted by Crippen LogP contribution is 1.80. The first-order valence-corrected chi connectivity index (χ1v) is 2.95. The van der Waals surface area contributed by atoms with Crippen LogP contribution in [0.4, 0.5) is 0 Å². The molecule has 1 rings (SSSR count). The van der Waals surface area contributed by atoms with E-state index in [2.05, 4.69) is 4.98 Å². The highest BCUT2D eigenvalue weighted by Gasteiger charge is 2.07. The van der Waals surface area contributed by atoms with E-state index in [0.29, 0.717) is 0 Å². The number of hydrogen-bond acceptors (Lipinski definition) is 1. The molecule has 0 bridgehead atoms. The summed E-state index contributed by atoms with van der Waals surface area (Å²) in [5.41, 5.74) is 0. The van der Waals surface area contributed by atoms with Gasteiger partial charge in [0.05, 0.1) is 0 Å². The van der Waals surface area contributed by atoms with Crippen LogP contribution in [0, 0.1) is 6.92 Å². The number of imidazole rings is 1.